The summed E-state index contributed by atoms with van der Waals surface area (Å²) in [6.45, 7) is 2.84. The van der Waals surface area contributed by atoms with E-state index in [9.17, 15) is 0 Å². The average molecular weight is 268 g/mol. The average Bonchev–Trinajstić information content (AvgIpc) is 3.25. The molecule has 1 fully saturated rings. The van der Waals surface area contributed by atoms with Gasteiger partial charge in [0.05, 0.1) is 6.10 Å². The van der Waals surface area contributed by atoms with Crippen LogP contribution in [-0.2, 0) is 4.74 Å². The summed E-state index contributed by atoms with van der Waals surface area (Å²) in [6, 6.07) is 18.6. The van der Waals surface area contributed by atoms with Crippen LogP contribution in [0.5, 0.6) is 5.75 Å². The van der Waals surface area contributed by atoms with Gasteiger partial charge in [-0.3, -0.25) is 0 Å². The maximum Gasteiger partial charge on any atom is 0.119 e. The van der Waals surface area contributed by atoms with Gasteiger partial charge in [0.1, 0.15) is 18.5 Å². The van der Waals surface area contributed by atoms with E-state index in [-0.39, 0.29) is 0 Å². The monoisotopic (exact) mass is 268 g/mol. The van der Waals surface area contributed by atoms with Gasteiger partial charge < -0.3 is 9.47 Å². The van der Waals surface area contributed by atoms with E-state index in [1.165, 1.54) is 17.5 Å². The number of epoxide rings is 1. The minimum atomic E-state index is 0.295. The second-order valence-corrected chi connectivity index (χ2v) is 5.20. The molecule has 0 radical (unpaired) electrons. The van der Waals surface area contributed by atoms with Crippen LogP contribution in [-0.4, -0.2) is 18.8 Å². The van der Waals surface area contributed by atoms with Crippen molar-refractivity contribution in [2.75, 3.05) is 6.61 Å². The molecule has 0 amide bonds. The number of rotatable bonds is 6. The first-order chi connectivity index (χ1) is 9.86. The highest BCUT2D eigenvalue weighted by molar-refractivity contribution is 5.63. The topological polar surface area (TPSA) is 21.8 Å². The van der Waals surface area contributed by atoms with Crippen molar-refractivity contribution in [3.05, 3.63) is 54.6 Å². The van der Waals surface area contributed by atoms with Gasteiger partial charge in [0, 0.05) is 0 Å². The molecule has 1 aliphatic heterocycles. The summed E-state index contributed by atoms with van der Waals surface area (Å²) in [5.74, 6) is 0.912. The number of ether oxygens (including phenoxy) is 2. The number of benzene rings is 2. The molecule has 2 aromatic rings. The molecule has 0 bridgehead atoms. The Morgan fingerprint density at radius 1 is 0.900 bits per heavy atom. The molecule has 2 heteroatoms. The third-order valence-electron chi connectivity index (χ3n) is 3.64. The highest BCUT2D eigenvalue weighted by atomic mass is 16.6. The lowest BCUT2D eigenvalue weighted by atomic mass is 10.1. The first-order valence-corrected chi connectivity index (χ1v) is 7.30. The van der Waals surface area contributed by atoms with Gasteiger partial charge >= 0.3 is 0 Å². The van der Waals surface area contributed by atoms with E-state index in [1.54, 1.807) is 0 Å². The Labute approximate surface area is 120 Å². The Balaban J connectivity index is 1.55. The summed E-state index contributed by atoms with van der Waals surface area (Å²) in [4.78, 5) is 0. The molecule has 0 spiro atoms. The Bertz CT molecular complexity index is 533. The van der Waals surface area contributed by atoms with E-state index in [4.69, 9.17) is 9.47 Å². The van der Waals surface area contributed by atoms with Crippen LogP contribution in [0.1, 0.15) is 19.8 Å². The summed E-state index contributed by atoms with van der Waals surface area (Å²) in [6.07, 6.45) is 3.03. The molecule has 1 heterocycles. The van der Waals surface area contributed by atoms with E-state index >= 15 is 0 Å². The van der Waals surface area contributed by atoms with Crippen LogP contribution in [0, 0.1) is 0 Å². The van der Waals surface area contributed by atoms with Gasteiger partial charge in [-0.1, -0.05) is 55.8 Å². The van der Waals surface area contributed by atoms with Crippen molar-refractivity contribution in [1.29, 1.82) is 0 Å². The molecule has 3 rings (SSSR count). The van der Waals surface area contributed by atoms with Gasteiger partial charge in [0.2, 0.25) is 0 Å². The molecular formula is C18H20O2. The smallest absolute Gasteiger partial charge is 0.119 e. The molecule has 0 saturated carbocycles. The van der Waals surface area contributed by atoms with Crippen molar-refractivity contribution in [1.82, 2.24) is 0 Å². The predicted octanol–water partition coefficient (Wildman–Crippen LogP) is 4.30. The zero-order valence-corrected chi connectivity index (χ0v) is 11.8. The summed E-state index contributed by atoms with van der Waals surface area (Å²) in [5.41, 5.74) is 2.44. The molecule has 0 unspecified atom stereocenters. The summed E-state index contributed by atoms with van der Waals surface area (Å²) >= 11 is 0. The van der Waals surface area contributed by atoms with Gasteiger partial charge in [-0.15, -0.1) is 0 Å². The minimum Gasteiger partial charge on any atom is -0.491 e. The van der Waals surface area contributed by atoms with Crippen molar-refractivity contribution in [2.24, 2.45) is 0 Å². The molecule has 0 N–H and O–H groups in total. The van der Waals surface area contributed by atoms with Crippen LogP contribution < -0.4 is 4.74 Å². The molecule has 0 aliphatic carbocycles. The second-order valence-electron chi connectivity index (χ2n) is 5.20. The molecule has 2 aromatic carbocycles. The first kappa shape index (κ1) is 13.2. The Hall–Kier alpha value is -1.80. The number of hydrogen-bond donors (Lipinski definition) is 0. The van der Waals surface area contributed by atoms with Crippen molar-refractivity contribution in [2.45, 2.75) is 32.0 Å². The lowest BCUT2D eigenvalue weighted by Crippen LogP contribution is -2.07. The van der Waals surface area contributed by atoms with Gasteiger partial charge in [-0.25, -0.2) is 0 Å². The quantitative estimate of drug-likeness (QED) is 0.729. The van der Waals surface area contributed by atoms with Gasteiger partial charge in [-0.2, -0.15) is 0 Å². The Morgan fingerprint density at radius 2 is 1.60 bits per heavy atom. The Morgan fingerprint density at radius 3 is 2.30 bits per heavy atom. The van der Waals surface area contributed by atoms with Crippen LogP contribution in [0.15, 0.2) is 54.6 Å². The Kier molecular flexibility index (Phi) is 4.03. The summed E-state index contributed by atoms with van der Waals surface area (Å²) in [5, 5.41) is 0. The van der Waals surface area contributed by atoms with Crippen LogP contribution in [0.25, 0.3) is 11.1 Å². The van der Waals surface area contributed by atoms with Crippen LogP contribution in [0.3, 0.4) is 0 Å². The van der Waals surface area contributed by atoms with Crippen LogP contribution in [0.4, 0.5) is 0 Å². The zero-order valence-electron chi connectivity index (χ0n) is 11.8. The fourth-order valence-electron chi connectivity index (χ4n) is 2.42. The van der Waals surface area contributed by atoms with E-state index in [1.807, 2.05) is 18.2 Å². The van der Waals surface area contributed by atoms with E-state index in [0.29, 0.717) is 18.8 Å². The molecule has 0 aromatic heterocycles. The highest BCUT2D eigenvalue weighted by Crippen LogP contribution is 2.28. The molecule has 2 nitrogen and oxygen atoms in total. The second kappa shape index (κ2) is 6.10. The fraction of sp³-hybridized carbons (Fsp3) is 0.333. The summed E-state index contributed by atoms with van der Waals surface area (Å²) < 4.78 is 11.3. The van der Waals surface area contributed by atoms with Crippen molar-refractivity contribution < 1.29 is 9.47 Å². The zero-order chi connectivity index (χ0) is 13.8. The SMILES string of the molecule is CCC[C@@H]1O[C@H]1COc1ccc(-c2ccccc2)cc1. The van der Waals surface area contributed by atoms with Gasteiger partial charge in [-0.05, 0) is 29.7 Å². The third-order valence-corrected chi connectivity index (χ3v) is 3.64. The maximum absolute atomic E-state index is 5.77. The standard InChI is InChI=1S/C18H20O2/c1-2-6-17-18(20-17)13-19-16-11-9-15(10-12-16)14-7-4-3-5-8-14/h3-5,7-12,17-18H,2,6,13H2,1H3/t17-,18-/m0/s1. The fourth-order valence-corrected chi connectivity index (χ4v) is 2.42. The van der Waals surface area contributed by atoms with Crippen molar-refractivity contribution in [3.63, 3.8) is 0 Å². The molecule has 2 atom stereocenters. The lowest BCUT2D eigenvalue weighted by Gasteiger charge is -2.06. The minimum absolute atomic E-state index is 0.295. The normalized spacial score (nSPS) is 20.6. The highest BCUT2D eigenvalue weighted by Gasteiger charge is 2.38. The maximum atomic E-state index is 5.77. The predicted molar refractivity (Wildman–Crippen MR) is 80.9 cm³/mol. The molecule has 1 saturated heterocycles. The third kappa shape index (κ3) is 3.20. The van der Waals surface area contributed by atoms with E-state index < -0.39 is 0 Å². The van der Waals surface area contributed by atoms with Gasteiger partial charge in [0.25, 0.3) is 0 Å². The van der Waals surface area contributed by atoms with Crippen molar-refractivity contribution in [3.8, 4) is 16.9 Å². The largest absolute Gasteiger partial charge is 0.491 e. The number of hydrogen-bond acceptors (Lipinski definition) is 2. The van der Waals surface area contributed by atoms with Crippen LogP contribution in [0.2, 0.25) is 0 Å². The van der Waals surface area contributed by atoms with E-state index in [0.717, 1.165) is 12.2 Å². The van der Waals surface area contributed by atoms with E-state index in [2.05, 4.69) is 43.3 Å². The summed E-state index contributed by atoms with van der Waals surface area (Å²) in [7, 11) is 0. The molecule has 20 heavy (non-hydrogen) atoms. The molecule has 104 valence electrons. The van der Waals surface area contributed by atoms with Gasteiger partial charge in [0.15, 0.2) is 0 Å². The lowest BCUT2D eigenvalue weighted by molar-refractivity contribution is 0.259. The van der Waals surface area contributed by atoms with Crippen LogP contribution >= 0.6 is 0 Å². The van der Waals surface area contributed by atoms with Crippen molar-refractivity contribution >= 4 is 0 Å². The first-order valence-electron chi connectivity index (χ1n) is 7.30. The molecule has 1 aliphatic rings. The molecular weight excluding hydrogens is 248 g/mol.